The number of rotatable bonds is 8. The third-order valence-corrected chi connectivity index (χ3v) is 4.44. The highest BCUT2D eigenvalue weighted by atomic mass is 16.5. The zero-order chi connectivity index (χ0) is 18.2. The molecule has 0 aromatic heterocycles. The predicted octanol–water partition coefficient (Wildman–Crippen LogP) is 1.92. The lowest BCUT2D eigenvalue weighted by Crippen LogP contribution is -2.49. The van der Waals surface area contributed by atoms with Gasteiger partial charge in [-0.3, -0.25) is 9.59 Å². The number of hydrogen-bond acceptors (Lipinski definition) is 4. The third kappa shape index (κ3) is 4.60. The molecule has 0 aliphatic carbocycles. The molecular weight excluding hydrogens is 320 g/mol. The highest BCUT2D eigenvalue weighted by Gasteiger charge is 2.40. The fraction of sp³-hybridized carbons (Fsp3) is 0.474. The maximum atomic E-state index is 12.7. The molecule has 2 atom stereocenters. The fourth-order valence-electron chi connectivity index (χ4n) is 3.22. The minimum Gasteiger partial charge on any atom is -0.497 e. The van der Waals surface area contributed by atoms with E-state index in [-0.39, 0.29) is 23.8 Å². The second-order valence-corrected chi connectivity index (χ2v) is 5.98. The third-order valence-electron chi connectivity index (χ3n) is 4.44. The molecule has 0 spiro atoms. The summed E-state index contributed by atoms with van der Waals surface area (Å²) < 4.78 is 10.5. The number of carbonyl (C=O) groups excluding carboxylic acids is 2. The summed E-state index contributed by atoms with van der Waals surface area (Å²) in [5.74, 6) is 0.356. The van der Waals surface area contributed by atoms with Crippen LogP contribution in [0.5, 0.6) is 5.75 Å². The largest absolute Gasteiger partial charge is 0.497 e. The van der Waals surface area contributed by atoms with E-state index in [2.05, 4.69) is 11.9 Å². The normalized spacial score (nSPS) is 20.2. The SMILES string of the molecule is C=CCNC(=O)[C@@H]1CCC(=O)N(CCOC)[C@H]1c1cccc(OC)c1. The second kappa shape index (κ2) is 9.22. The van der Waals surface area contributed by atoms with Crippen LogP contribution in [0.25, 0.3) is 0 Å². The number of carbonyl (C=O) groups is 2. The van der Waals surface area contributed by atoms with Gasteiger partial charge in [-0.25, -0.2) is 0 Å². The molecule has 0 saturated carbocycles. The Balaban J connectivity index is 2.37. The number of nitrogens with one attached hydrogen (secondary N) is 1. The lowest BCUT2D eigenvalue weighted by atomic mass is 9.83. The van der Waals surface area contributed by atoms with Gasteiger partial charge in [0.05, 0.1) is 25.7 Å². The summed E-state index contributed by atoms with van der Waals surface area (Å²) in [4.78, 5) is 26.9. The van der Waals surface area contributed by atoms with Crippen molar-refractivity contribution in [3.63, 3.8) is 0 Å². The number of hydrogen-bond donors (Lipinski definition) is 1. The predicted molar refractivity (Wildman–Crippen MR) is 95.3 cm³/mol. The summed E-state index contributed by atoms with van der Waals surface area (Å²) in [6, 6.07) is 7.20. The molecule has 1 saturated heterocycles. The van der Waals surface area contributed by atoms with Crippen LogP contribution in [0.15, 0.2) is 36.9 Å². The summed E-state index contributed by atoms with van der Waals surface area (Å²) in [5, 5.41) is 2.86. The second-order valence-electron chi connectivity index (χ2n) is 5.98. The van der Waals surface area contributed by atoms with Gasteiger partial charge in [0, 0.05) is 26.6 Å². The highest BCUT2D eigenvalue weighted by molar-refractivity contribution is 5.85. The standard InChI is InChI=1S/C19H26N2O4/c1-4-10-20-19(23)16-8-9-17(22)21(11-12-24-2)18(16)14-6-5-7-15(13-14)25-3/h4-7,13,16,18H,1,8-12H2,2-3H3,(H,20,23)/t16-,18+/m1/s1. The molecule has 0 radical (unpaired) electrons. The lowest BCUT2D eigenvalue weighted by Gasteiger charge is -2.40. The van der Waals surface area contributed by atoms with Crippen LogP contribution < -0.4 is 10.1 Å². The molecule has 25 heavy (non-hydrogen) atoms. The van der Waals surface area contributed by atoms with Crippen molar-refractivity contribution in [3.8, 4) is 5.75 Å². The maximum absolute atomic E-state index is 12.7. The van der Waals surface area contributed by atoms with E-state index in [1.807, 2.05) is 24.3 Å². The van der Waals surface area contributed by atoms with Gasteiger partial charge in [0.25, 0.3) is 0 Å². The van der Waals surface area contributed by atoms with Crippen LogP contribution in [0.2, 0.25) is 0 Å². The molecule has 2 rings (SSSR count). The first kappa shape index (κ1) is 19.0. The topological polar surface area (TPSA) is 67.9 Å². The molecule has 1 aliphatic rings. The van der Waals surface area contributed by atoms with Gasteiger partial charge < -0.3 is 19.7 Å². The molecule has 0 bridgehead atoms. The molecule has 6 heteroatoms. The van der Waals surface area contributed by atoms with Crippen molar-refractivity contribution in [2.45, 2.75) is 18.9 Å². The molecule has 0 unspecified atom stereocenters. The van der Waals surface area contributed by atoms with Gasteiger partial charge in [0.2, 0.25) is 11.8 Å². The summed E-state index contributed by atoms with van der Waals surface area (Å²) in [6.07, 6.45) is 2.53. The van der Waals surface area contributed by atoms with E-state index in [9.17, 15) is 9.59 Å². The van der Waals surface area contributed by atoms with Crippen molar-refractivity contribution in [1.29, 1.82) is 0 Å². The van der Waals surface area contributed by atoms with Crippen molar-refractivity contribution in [3.05, 3.63) is 42.5 Å². The molecule has 136 valence electrons. The van der Waals surface area contributed by atoms with E-state index >= 15 is 0 Å². The van der Waals surface area contributed by atoms with Gasteiger partial charge in [-0.2, -0.15) is 0 Å². The minimum atomic E-state index is -0.337. The number of nitrogens with zero attached hydrogens (tertiary/aromatic N) is 1. The Morgan fingerprint density at radius 3 is 2.92 bits per heavy atom. The van der Waals surface area contributed by atoms with Crippen molar-refractivity contribution in [2.24, 2.45) is 5.92 Å². The monoisotopic (exact) mass is 346 g/mol. The van der Waals surface area contributed by atoms with Gasteiger partial charge in [0.1, 0.15) is 5.75 Å². The molecule has 1 N–H and O–H groups in total. The molecule has 6 nitrogen and oxygen atoms in total. The number of amides is 2. The first-order valence-corrected chi connectivity index (χ1v) is 8.43. The van der Waals surface area contributed by atoms with Gasteiger partial charge in [0.15, 0.2) is 0 Å². The lowest BCUT2D eigenvalue weighted by molar-refractivity contribution is -0.144. The Bertz CT molecular complexity index is 617. The molecule has 1 heterocycles. The summed E-state index contributed by atoms with van der Waals surface area (Å²) in [7, 11) is 3.20. The van der Waals surface area contributed by atoms with Crippen LogP contribution in [-0.4, -0.2) is 50.6 Å². The average Bonchev–Trinajstić information content (AvgIpc) is 2.64. The number of methoxy groups -OCH3 is 2. The van der Waals surface area contributed by atoms with Gasteiger partial charge >= 0.3 is 0 Å². The maximum Gasteiger partial charge on any atom is 0.225 e. The van der Waals surface area contributed by atoms with Gasteiger partial charge in [-0.1, -0.05) is 18.2 Å². The van der Waals surface area contributed by atoms with Crippen LogP contribution in [0.1, 0.15) is 24.4 Å². The Morgan fingerprint density at radius 1 is 1.44 bits per heavy atom. The van der Waals surface area contributed by atoms with E-state index in [0.717, 1.165) is 5.56 Å². The number of benzene rings is 1. The van der Waals surface area contributed by atoms with Crippen molar-refractivity contribution >= 4 is 11.8 Å². The Kier molecular flexibility index (Phi) is 7.01. The van der Waals surface area contributed by atoms with Gasteiger partial charge in [-0.05, 0) is 24.1 Å². The molecule has 1 aliphatic heterocycles. The summed E-state index contributed by atoms with van der Waals surface area (Å²) in [5.41, 5.74) is 0.891. The van der Waals surface area contributed by atoms with Crippen LogP contribution in [0, 0.1) is 5.92 Å². The highest BCUT2D eigenvalue weighted by Crippen LogP contribution is 2.37. The zero-order valence-electron chi connectivity index (χ0n) is 14.9. The quantitative estimate of drug-likeness (QED) is 0.730. The number of ether oxygens (including phenoxy) is 2. The zero-order valence-corrected chi connectivity index (χ0v) is 14.9. The first-order chi connectivity index (χ1) is 12.1. The first-order valence-electron chi connectivity index (χ1n) is 8.43. The smallest absolute Gasteiger partial charge is 0.225 e. The van der Waals surface area contributed by atoms with Crippen molar-refractivity contribution < 1.29 is 19.1 Å². The molecule has 1 aromatic carbocycles. The van der Waals surface area contributed by atoms with E-state index < -0.39 is 0 Å². The summed E-state index contributed by atoms with van der Waals surface area (Å²) >= 11 is 0. The fourth-order valence-corrected chi connectivity index (χ4v) is 3.22. The van der Waals surface area contributed by atoms with Gasteiger partial charge in [-0.15, -0.1) is 6.58 Å². The minimum absolute atomic E-state index is 0.0395. The van der Waals surface area contributed by atoms with Crippen LogP contribution in [-0.2, 0) is 14.3 Å². The molecular formula is C19H26N2O4. The average molecular weight is 346 g/mol. The Labute approximate surface area is 148 Å². The van der Waals surface area contributed by atoms with E-state index in [1.165, 1.54) is 0 Å². The number of piperidine rings is 1. The molecule has 1 aromatic rings. The molecule has 1 fully saturated rings. The Morgan fingerprint density at radius 2 is 2.24 bits per heavy atom. The Hall–Kier alpha value is -2.34. The van der Waals surface area contributed by atoms with Crippen LogP contribution in [0.4, 0.5) is 0 Å². The van der Waals surface area contributed by atoms with Crippen molar-refractivity contribution in [2.75, 3.05) is 33.9 Å². The van der Waals surface area contributed by atoms with Crippen LogP contribution >= 0.6 is 0 Å². The molecule has 2 amide bonds. The van der Waals surface area contributed by atoms with Crippen molar-refractivity contribution in [1.82, 2.24) is 10.2 Å². The van der Waals surface area contributed by atoms with E-state index in [4.69, 9.17) is 9.47 Å². The van der Waals surface area contributed by atoms with Crippen LogP contribution in [0.3, 0.4) is 0 Å². The number of likely N-dealkylation sites (tertiary alicyclic amines) is 1. The van der Waals surface area contributed by atoms with E-state index in [0.29, 0.717) is 38.3 Å². The van der Waals surface area contributed by atoms with E-state index in [1.54, 1.807) is 25.2 Å². The summed E-state index contributed by atoms with van der Waals surface area (Å²) in [6.45, 7) is 4.91.